The molecule has 2 saturated heterocycles. The minimum atomic E-state index is -1.32. The third-order valence-corrected chi connectivity index (χ3v) is 4.76. The Bertz CT molecular complexity index is 739. The summed E-state index contributed by atoms with van der Waals surface area (Å²) in [6.07, 6.45) is -0.0380. The van der Waals surface area contributed by atoms with Crippen molar-refractivity contribution < 1.29 is 23.8 Å². The van der Waals surface area contributed by atoms with Crippen molar-refractivity contribution >= 4 is 6.09 Å². The third kappa shape index (κ3) is 3.53. The lowest BCUT2D eigenvalue weighted by Crippen LogP contribution is -2.63. The predicted molar refractivity (Wildman–Crippen MR) is 90.7 cm³/mol. The van der Waals surface area contributed by atoms with Crippen molar-refractivity contribution in [1.29, 1.82) is 5.26 Å². The van der Waals surface area contributed by atoms with Crippen LogP contribution in [0.2, 0.25) is 0 Å². The highest BCUT2D eigenvalue weighted by Gasteiger charge is 2.50. The highest BCUT2D eigenvalue weighted by molar-refractivity contribution is 5.69. The molecule has 1 aromatic rings. The molecule has 1 N–H and O–H groups in total. The molecular weight excluding hydrogens is 339 g/mol. The molecule has 0 aromatic heterocycles. The summed E-state index contributed by atoms with van der Waals surface area (Å²) in [6, 6.07) is 5.01. The summed E-state index contributed by atoms with van der Waals surface area (Å²) in [5.41, 5.74) is -1.44. The fourth-order valence-corrected chi connectivity index (χ4v) is 3.82. The average molecular weight is 362 g/mol. The first-order valence-electron chi connectivity index (χ1n) is 8.64. The number of carbonyl (C=O) groups excluding carboxylic acids is 1. The number of piperidine rings is 1. The normalized spacial score (nSPS) is 28.4. The number of nitriles is 1. The quantitative estimate of drug-likeness (QED) is 0.830. The summed E-state index contributed by atoms with van der Waals surface area (Å²) in [6.45, 7) is 5.96. The molecule has 2 heterocycles. The molecule has 7 heteroatoms. The highest BCUT2D eigenvalue weighted by Crippen LogP contribution is 2.42. The zero-order valence-corrected chi connectivity index (χ0v) is 15.2. The van der Waals surface area contributed by atoms with Crippen LogP contribution >= 0.6 is 0 Å². The Morgan fingerprint density at radius 3 is 2.54 bits per heavy atom. The summed E-state index contributed by atoms with van der Waals surface area (Å²) < 4.78 is 24.5. The summed E-state index contributed by atoms with van der Waals surface area (Å²) in [7, 11) is 0. The molecule has 140 valence electrons. The van der Waals surface area contributed by atoms with Crippen molar-refractivity contribution in [2.45, 2.75) is 56.9 Å². The first kappa shape index (κ1) is 18.6. The molecule has 0 spiro atoms. The molecule has 2 fully saturated rings. The lowest BCUT2D eigenvalue weighted by Gasteiger charge is -2.51. The molecule has 0 radical (unpaired) electrons. The zero-order chi connectivity index (χ0) is 19.1. The number of rotatable bonds is 1. The van der Waals surface area contributed by atoms with E-state index in [0.717, 1.165) is 6.07 Å². The summed E-state index contributed by atoms with van der Waals surface area (Å²) >= 11 is 0. The van der Waals surface area contributed by atoms with E-state index in [1.165, 1.54) is 12.1 Å². The Labute approximate surface area is 152 Å². The minimum absolute atomic E-state index is 0.109. The fraction of sp³-hybridized carbons (Fsp3) is 0.579. The van der Waals surface area contributed by atoms with E-state index in [-0.39, 0.29) is 43.7 Å². The predicted octanol–water partition coefficient (Wildman–Crippen LogP) is 2.68. The number of hydrogen-bond acceptors (Lipinski definition) is 5. The van der Waals surface area contributed by atoms with Crippen LogP contribution in [0.3, 0.4) is 0 Å². The molecule has 0 aliphatic carbocycles. The number of carbonyl (C=O) groups is 1. The molecule has 0 saturated carbocycles. The van der Waals surface area contributed by atoms with E-state index in [1.54, 1.807) is 25.7 Å². The van der Waals surface area contributed by atoms with Crippen LogP contribution in [0, 0.1) is 17.1 Å². The van der Waals surface area contributed by atoms with Crippen molar-refractivity contribution in [1.82, 2.24) is 4.90 Å². The Hall–Kier alpha value is -2.17. The van der Waals surface area contributed by atoms with Crippen LogP contribution in [0.1, 0.15) is 44.7 Å². The maximum atomic E-state index is 13.5. The van der Waals surface area contributed by atoms with E-state index < -0.39 is 23.1 Å². The number of amides is 1. The number of nitrogens with zero attached hydrogens (tertiary/aromatic N) is 2. The second kappa shape index (κ2) is 6.53. The largest absolute Gasteiger partial charge is 0.444 e. The van der Waals surface area contributed by atoms with Crippen LogP contribution in [0.25, 0.3) is 0 Å². The Balaban J connectivity index is 1.90. The lowest BCUT2D eigenvalue weighted by atomic mass is 9.75. The molecular formula is C19H23FN2O4. The zero-order valence-electron chi connectivity index (χ0n) is 15.2. The molecule has 2 aliphatic heterocycles. The molecule has 2 unspecified atom stereocenters. The van der Waals surface area contributed by atoms with Crippen molar-refractivity contribution in [2.75, 3.05) is 13.2 Å². The van der Waals surface area contributed by atoms with Gasteiger partial charge in [-0.05, 0) is 32.9 Å². The first-order valence-corrected chi connectivity index (χ1v) is 8.64. The van der Waals surface area contributed by atoms with E-state index in [0.29, 0.717) is 5.56 Å². The van der Waals surface area contributed by atoms with Gasteiger partial charge in [0.05, 0.1) is 42.5 Å². The minimum Gasteiger partial charge on any atom is -0.444 e. The molecule has 2 atom stereocenters. The Kier molecular flexibility index (Phi) is 4.67. The fourth-order valence-electron chi connectivity index (χ4n) is 3.82. The van der Waals surface area contributed by atoms with Gasteiger partial charge in [-0.25, -0.2) is 9.18 Å². The van der Waals surface area contributed by atoms with Crippen LogP contribution in [-0.4, -0.2) is 47.0 Å². The first-order chi connectivity index (χ1) is 12.1. The Morgan fingerprint density at radius 1 is 1.38 bits per heavy atom. The summed E-state index contributed by atoms with van der Waals surface area (Å²) in [4.78, 5) is 14.2. The van der Waals surface area contributed by atoms with E-state index >= 15 is 0 Å². The molecule has 6 nitrogen and oxygen atoms in total. The molecule has 2 bridgehead atoms. The number of aliphatic hydroxyl groups is 1. The van der Waals surface area contributed by atoms with Gasteiger partial charge in [-0.1, -0.05) is 6.07 Å². The van der Waals surface area contributed by atoms with Gasteiger partial charge in [-0.15, -0.1) is 0 Å². The SMILES string of the molecule is CC(C)(C)OC(=O)N1C2COCC1CC(O)(c1ccc(F)cc1C#N)C2. The summed E-state index contributed by atoms with van der Waals surface area (Å²) in [5, 5.41) is 20.6. The van der Waals surface area contributed by atoms with Crippen molar-refractivity contribution in [3.05, 3.63) is 35.1 Å². The van der Waals surface area contributed by atoms with Gasteiger partial charge in [-0.3, -0.25) is 4.90 Å². The number of ether oxygens (including phenoxy) is 2. The van der Waals surface area contributed by atoms with Gasteiger partial charge in [0.2, 0.25) is 0 Å². The summed E-state index contributed by atoms with van der Waals surface area (Å²) in [5.74, 6) is -0.524. The number of morpholine rings is 1. The Morgan fingerprint density at radius 2 is 2.00 bits per heavy atom. The monoisotopic (exact) mass is 362 g/mol. The molecule has 2 aliphatic rings. The molecule has 1 aromatic carbocycles. The van der Waals surface area contributed by atoms with Crippen LogP contribution in [-0.2, 0) is 15.1 Å². The average Bonchev–Trinajstić information content (AvgIpc) is 2.51. The van der Waals surface area contributed by atoms with E-state index in [2.05, 4.69) is 0 Å². The topological polar surface area (TPSA) is 82.8 Å². The number of hydrogen-bond donors (Lipinski definition) is 1. The van der Waals surface area contributed by atoms with Gasteiger partial charge < -0.3 is 14.6 Å². The van der Waals surface area contributed by atoms with Gasteiger partial charge in [0, 0.05) is 18.4 Å². The van der Waals surface area contributed by atoms with Gasteiger partial charge >= 0.3 is 6.09 Å². The van der Waals surface area contributed by atoms with Crippen LogP contribution in [0.4, 0.5) is 9.18 Å². The van der Waals surface area contributed by atoms with E-state index in [9.17, 15) is 19.6 Å². The number of halogens is 1. The highest BCUT2D eigenvalue weighted by atomic mass is 19.1. The van der Waals surface area contributed by atoms with Crippen molar-refractivity contribution in [3.8, 4) is 6.07 Å². The number of fused-ring (bicyclic) bond motifs is 2. The standard InChI is InChI=1S/C19H23FN2O4/c1-18(2,3)26-17(23)22-14-7-19(24,8-15(22)11-25-10-14)16-5-4-13(20)6-12(16)9-21/h4-6,14-15,24H,7-8,10-11H2,1-3H3. The van der Waals surface area contributed by atoms with E-state index in [4.69, 9.17) is 9.47 Å². The molecule has 26 heavy (non-hydrogen) atoms. The molecule has 3 rings (SSSR count). The van der Waals surface area contributed by atoms with Crippen LogP contribution in [0.5, 0.6) is 0 Å². The maximum Gasteiger partial charge on any atom is 0.410 e. The van der Waals surface area contributed by atoms with Gasteiger partial charge in [0.15, 0.2) is 0 Å². The van der Waals surface area contributed by atoms with Gasteiger partial charge in [0.25, 0.3) is 0 Å². The number of benzene rings is 1. The van der Waals surface area contributed by atoms with Crippen molar-refractivity contribution in [2.24, 2.45) is 0 Å². The smallest absolute Gasteiger partial charge is 0.410 e. The lowest BCUT2D eigenvalue weighted by molar-refractivity contribution is -0.141. The second-order valence-corrected chi connectivity index (χ2v) is 7.97. The van der Waals surface area contributed by atoms with E-state index in [1.807, 2.05) is 6.07 Å². The maximum absolute atomic E-state index is 13.5. The van der Waals surface area contributed by atoms with Crippen LogP contribution in [0.15, 0.2) is 18.2 Å². The van der Waals surface area contributed by atoms with Gasteiger partial charge in [-0.2, -0.15) is 5.26 Å². The third-order valence-electron chi connectivity index (χ3n) is 4.76. The van der Waals surface area contributed by atoms with Gasteiger partial charge in [0.1, 0.15) is 11.4 Å². The van der Waals surface area contributed by atoms with Crippen molar-refractivity contribution in [3.63, 3.8) is 0 Å². The second-order valence-electron chi connectivity index (χ2n) is 7.97. The molecule has 1 amide bonds. The van der Waals surface area contributed by atoms with Crippen LogP contribution < -0.4 is 0 Å².